The summed E-state index contributed by atoms with van der Waals surface area (Å²) in [5.74, 6) is 0.308. The average Bonchev–Trinajstić information content (AvgIpc) is 3.50. The normalized spacial score (nSPS) is 17.1. The van der Waals surface area contributed by atoms with Crippen LogP contribution in [0.15, 0.2) is 60.7 Å². The highest BCUT2D eigenvalue weighted by molar-refractivity contribution is 5.98. The number of methoxy groups -OCH3 is 1. The molecular weight excluding hydrogens is 554 g/mol. The minimum atomic E-state index is -0.878. The first-order valence-corrected chi connectivity index (χ1v) is 16.2. The fourth-order valence-electron chi connectivity index (χ4n) is 6.14. The van der Waals surface area contributed by atoms with Crippen LogP contribution in [-0.4, -0.2) is 70.0 Å². The van der Waals surface area contributed by atoms with Gasteiger partial charge in [0.2, 0.25) is 0 Å². The van der Waals surface area contributed by atoms with E-state index in [1.54, 1.807) is 17.9 Å². The molecule has 1 aliphatic rings. The molecule has 1 saturated heterocycles. The maximum atomic E-state index is 13.7. The third-order valence-electron chi connectivity index (χ3n) is 8.60. The van der Waals surface area contributed by atoms with Crippen LogP contribution >= 0.6 is 0 Å². The van der Waals surface area contributed by atoms with E-state index in [9.17, 15) is 14.7 Å². The van der Waals surface area contributed by atoms with E-state index in [0.717, 1.165) is 61.9 Å². The zero-order valence-corrected chi connectivity index (χ0v) is 26.7. The number of aryl methyl sites for hydroxylation is 1. The van der Waals surface area contributed by atoms with E-state index in [1.807, 2.05) is 66.4 Å². The molecule has 2 aromatic carbocycles. The van der Waals surface area contributed by atoms with Crippen molar-refractivity contribution in [1.29, 1.82) is 0 Å². The number of rotatable bonds is 15. The van der Waals surface area contributed by atoms with Gasteiger partial charge in [0, 0.05) is 37.8 Å². The van der Waals surface area contributed by atoms with Crippen molar-refractivity contribution in [3.05, 3.63) is 83.2 Å². The number of nitrogens with zero attached hydrogens (tertiary/aromatic N) is 3. The number of ether oxygens (including phenoxy) is 1. The summed E-state index contributed by atoms with van der Waals surface area (Å²) in [5.41, 5.74) is 2.69. The lowest BCUT2D eigenvalue weighted by Gasteiger charge is -2.35. The van der Waals surface area contributed by atoms with Gasteiger partial charge in [-0.25, -0.2) is 0 Å². The highest BCUT2D eigenvalue weighted by Gasteiger charge is 2.31. The number of aliphatic hydroxyl groups excluding tert-OH is 1. The lowest BCUT2D eigenvalue weighted by atomic mass is 9.98. The second-order valence-corrected chi connectivity index (χ2v) is 11.7. The van der Waals surface area contributed by atoms with Crippen LogP contribution in [0.3, 0.4) is 0 Å². The van der Waals surface area contributed by atoms with Gasteiger partial charge in [-0.2, -0.15) is 5.10 Å². The Morgan fingerprint density at radius 3 is 2.57 bits per heavy atom. The van der Waals surface area contributed by atoms with E-state index in [0.29, 0.717) is 18.7 Å². The minimum Gasteiger partial charge on any atom is -0.497 e. The first-order valence-electron chi connectivity index (χ1n) is 16.2. The number of nitrogens with one attached hydrogen (secondary N) is 2. The molecule has 0 radical (unpaired) electrons. The van der Waals surface area contributed by atoms with Gasteiger partial charge in [0.05, 0.1) is 19.3 Å². The van der Waals surface area contributed by atoms with Crippen molar-refractivity contribution in [2.75, 3.05) is 20.2 Å². The van der Waals surface area contributed by atoms with Crippen LogP contribution in [0.25, 0.3) is 0 Å². The Balaban J connectivity index is 1.50. The number of likely N-dealkylation sites (tertiary alicyclic amines) is 1. The highest BCUT2D eigenvalue weighted by atomic mass is 16.5. The van der Waals surface area contributed by atoms with E-state index in [1.165, 1.54) is 0 Å². The lowest BCUT2D eigenvalue weighted by Crippen LogP contribution is -2.49. The zero-order chi connectivity index (χ0) is 31.5. The van der Waals surface area contributed by atoms with Crippen LogP contribution in [0.4, 0.5) is 0 Å². The molecule has 4 atom stereocenters. The average molecular weight is 604 g/mol. The van der Waals surface area contributed by atoms with Crippen molar-refractivity contribution < 1.29 is 19.4 Å². The summed E-state index contributed by atoms with van der Waals surface area (Å²) in [7, 11) is 1.65. The molecule has 238 valence electrons. The standard InChI is InChI=1S/C35H49N5O4/c1-5-14-27-18-11-12-20-39(27)35(43)32-23-31(38-40(32)7-3)34(42)37-30(21-25-15-9-8-10-16-25)33(41)24-36-29(6-2)26-17-13-19-28(22-26)44-4/h8-10,13,15-17,19,22-23,27,29-30,33,36,41H,5-7,11-12,14,18,20-21,24H2,1-4H3,(H,37,42)/t27?,29-,30-,33+/m0/s1. The molecule has 0 spiro atoms. The summed E-state index contributed by atoms with van der Waals surface area (Å²) in [6, 6.07) is 19.0. The van der Waals surface area contributed by atoms with E-state index in [-0.39, 0.29) is 30.2 Å². The highest BCUT2D eigenvalue weighted by Crippen LogP contribution is 2.24. The fraction of sp³-hybridized carbons (Fsp3) is 0.514. The Kier molecular flexibility index (Phi) is 12.4. The van der Waals surface area contributed by atoms with Crippen LogP contribution in [0.5, 0.6) is 5.75 Å². The van der Waals surface area contributed by atoms with E-state index >= 15 is 0 Å². The van der Waals surface area contributed by atoms with Crippen molar-refractivity contribution in [3.63, 3.8) is 0 Å². The number of aromatic nitrogens is 2. The van der Waals surface area contributed by atoms with Crippen LogP contribution in [0.1, 0.15) is 97.4 Å². The number of piperidine rings is 1. The van der Waals surface area contributed by atoms with E-state index in [2.05, 4.69) is 29.6 Å². The molecule has 0 bridgehead atoms. The van der Waals surface area contributed by atoms with Crippen molar-refractivity contribution >= 4 is 11.8 Å². The molecule has 9 heteroatoms. The molecule has 4 rings (SSSR count). The van der Waals surface area contributed by atoms with Gasteiger partial charge in [-0.05, 0) is 68.7 Å². The predicted octanol–water partition coefficient (Wildman–Crippen LogP) is 5.15. The summed E-state index contributed by atoms with van der Waals surface area (Å²) >= 11 is 0. The molecule has 2 amide bonds. The largest absolute Gasteiger partial charge is 0.497 e. The van der Waals surface area contributed by atoms with Gasteiger partial charge in [0.1, 0.15) is 11.4 Å². The first kappa shape index (κ1) is 33.2. The third-order valence-corrected chi connectivity index (χ3v) is 8.60. The first-order chi connectivity index (χ1) is 21.4. The molecule has 9 nitrogen and oxygen atoms in total. The molecule has 1 fully saturated rings. The molecule has 3 N–H and O–H groups in total. The second kappa shape index (κ2) is 16.4. The Morgan fingerprint density at radius 2 is 1.86 bits per heavy atom. The Morgan fingerprint density at radius 1 is 1.07 bits per heavy atom. The van der Waals surface area contributed by atoms with Crippen LogP contribution < -0.4 is 15.4 Å². The molecule has 1 aliphatic heterocycles. The van der Waals surface area contributed by atoms with Crippen molar-refractivity contribution in [2.24, 2.45) is 0 Å². The van der Waals surface area contributed by atoms with Crippen molar-refractivity contribution in [1.82, 2.24) is 25.3 Å². The van der Waals surface area contributed by atoms with Gasteiger partial charge in [-0.15, -0.1) is 0 Å². The number of carbonyl (C=O) groups excluding carboxylic acids is 2. The molecule has 0 saturated carbocycles. The summed E-state index contributed by atoms with van der Waals surface area (Å²) in [6.07, 6.45) is 5.51. The molecular formula is C35H49N5O4. The monoisotopic (exact) mass is 603 g/mol. The summed E-state index contributed by atoms with van der Waals surface area (Å²) in [4.78, 5) is 29.3. The lowest BCUT2D eigenvalue weighted by molar-refractivity contribution is 0.0588. The van der Waals surface area contributed by atoms with Gasteiger partial charge in [-0.3, -0.25) is 14.3 Å². The van der Waals surface area contributed by atoms with Gasteiger partial charge >= 0.3 is 0 Å². The Hall–Kier alpha value is -3.69. The SMILES string of the molecule is CCCC1CCCCN1C(=O)c1cc(C(=O)N[C@@H](Cc2ccccc2)[C@H](O)CN[C@@H](CC)c2cccc(OC)c2)nn1CC. The van der Waals surface area contributed by atoms with Gasteiger partial charge in [-0.1, -0.05) is 62.7 Å². The van der Waals surface area contributed by atoms with Gasteiger partial charge in [0.25, 0.3) is 11.8 Å². The quantitative estimate of drug-likeness (QED) is 0.222. The predicted molar refractivity (Wildman–Crippen MR) is 173 cm³/mol. The van der Waals surface area contributed by atoms with E-state index < -0.39 is 18.1 Å². The molecule has 2 heterocycles. The molecule has 1 aromatic heterocycles. The third kappa shape index (κ3) is 8.48. The van der Waals surface area contributed by atoms with Crippen LogP contribution in [-0.2, 0) is 13.0 Å². The van der Waals surface area contributed by atoms with Gasteiger partial charge in [0.15, 0.2) is 5.69 Å². The van der Waals surface area contributed by atoms with Gasteiger partial charge < -0.3 is 25.4 Å². The fourth-order valence-corrected chi connectivity index (χ4v) is 6.14. The second-order valence-electron chi connectivity index (χ2n) is 11.7. The molecule has 1 unspecified atom stereocenters. The number of carbonyl (C=O) groups is 2. The zero-order valence-electron chi connectivity index (χ0n) is 26.7. The molecule has 44 heavy (non-hydrogen) atoms. The number of amides is 2. The van der Waals surface area contributed by atoms with Crippen molar-refractivity contribution in [2.45, 2.75) is 96.5 Å². The molecule has 3 aromatic rings. The topological polar surface area (TPSA) is 109 Å². The number of aliphatic hydroxyl groups is 1. The number of hydrogen-bond acceptors (Lipinski definition) is 6. The summed E-state index contributed by atoms with van der Waals surface area (Å²) in [5, 5.41) is 22.5. The number of benzene rings is 2. The maximum Gasteiger partial charge on any atom is 0.272 e. The van der Waals surface area contributed by atoms with E-state index in [4.69, 9.17) is 4.74 Å². The van der Waals surface area contributed by atoms with Crippen molar-refractivity contribution in [3.8, 4) is 5.75 Å². The van der Waals surface area contributed by atoms with Crippen LogP contribution in [0, 0.1) is 0 Å². The Labute approximate surface area is 262 Å². The number of hydrogen-bond donors (Lipinski definition) is 3. The Bertz CT molecular complexity index is 1340. The minimum absolute atomic E-state index is 0.00738. The summed E-state index contributed by atoms with van der Waals surface area (Å²) in [6.45, 7) is 7.63. The maximum absolute atomic E-state index is 13.7. The van der Waals surface area contributed by atoms with Crippen LogP contribution in [0.2, 0.25) is 0 Å². The smallest absolute Gasteiger partial charge is 0.272 e. The summed E-state index contributed by atoms with van der Waals surface area (Å²) < 4.78 is 7.02. The molecule has 0 aliphatic carbocycles.